The molecule has 3 nitrogen and oxygen atoms in total. The molecule has 0 radical (unpaired) electrons. The molecule has 1 unspecified atom stereocenters. The third kappa shape index (κ3) is 2.04. The van der Waals surface area contributed by atoms with E-state index in [1.165, 1.54) is 24.2 Å². The van der Waals surface area contributed by atoms with Gasteiger partial charge >= 0.3 is 0 Å². The maximum absolute atomic E-state index is 4.08. The number of nitrogens with one attached hydrogen (secondary N) is 1. The molecule has 76 valence electrons. The first-order valence-electron chi connectivity index (χ1n) is 5.11. The van der Waals surface area contributed by atoms with Gasteiger partial charge in [-0.05, 0) is 38.6 Å². The predicted molar refractivity (Wildman–Crippen MR) is 58.5 cm³/mol. The van der Waals surface area contributed by atoms with Crippen molar-refractivity contribution < 1.29 is 0 Å². The number of nitrogens with zero attached hydrogens (tertiary/aromatic N) is 2. The predicted octanol–water partition coefficient (Wildman–Crippen LogP) is 1.51. The molecule has 1 aliphatic rings. The van der Waals surface area contributed by atoms with Gasteiger partial charge in [0, 0.05) is 30.7 Å². The molecule has 14 heavy (non-hydrogen) atoms. The summed E-state index contributed by atoms with van der Waals surface area (Å²) >= 11 is 0. The lowest BCUT2D eigenvalue weighted by atomic mass is 10.2. The van der Waals surface area contributed by atoms with Crippen molar-refractivity contribution in [1.82, 2.24) is 9.88 Å². The quantitative estimate of drug-likeness (QED) is 0.768. The van der Waals surface area contributed by atoms with Gasteiger partial charge in [-0.3, -0.25) is 4.98 Å². The van der Waals surface area contributed by atoms with E-state index in [9.17, 15) is 0 Å². The van der Waals surface area contributed by atoms with E-state index >= 15 is 0 Å². The molecule has 3 heteroatoms. The highest BCUT2D eigenvalue weighted by molar-refractivity contribution is 5.49. The lowest BCUT2D eigenvalue weighted by Gasteiger charge is -2.15. The normalized spacial score (nSPS) is 22.6. The van der Waals surface area contributed by atoms with E-state index < -0.39 is 0 Å². The van der Waals surface area contributed by atoms with Crippen LogP contribution in [0.3, 0.4) is 0 Å². The Bertz CT molecular complexity index is 311. The molecule has 2 rings (SSSR count). The van der Waals surface area contributed by atoms with Crippen LogP contribution < -0.4 is 5.32 Å². The Morgan fingerprint density at radius 3 is 3.07 bits per heavy atom. The Morgan fingerprint density at radius 1 is 1.57 bits per heavy atom. The Hall–Kier alpha value is -1.09. The van der Waals surface area contributed by atoms with E-state index in [2.05, 4.69) is 29.2 Å². The van der Waals surface area contributed by atoms with Crippen molar-refractivity contribution in [3.63, 3.8) is 0 Å². The molecule has 0 aromatic carbocycles. The van der Waals surface area contributed by atoms with E-state index in [1.807, 2.05) is 18.5 Å². The van der Waals surface area contributed by atoms with Crippen molar-refractivity contribution in [2.24, 2.45) is 0 Å². The smallest absolute Gasteiger partial charge is 0.0403 e. The topological polar surface area (TPSA) is 28.2 Å². The molecular weight excluding hydrogens is 174 g/mol. The van der Waals surface area contributed by atoms with Crippen molar-refractivity contribution in [2.75, 3.05) is 25.5 Å². The van der Waals surface area contributed by atoms with E-state index in [0.717, 1.165) is 6.54 Å². The average molecular weight is 191 g/mol. The lowest BCUT2D eigenvalue weighted by Crippen LogP contribution is -2.23. The summed E-state index contributed by atoms with van der Waals surface area (Å²) in [5, 5.41) is 3.56. The Morgan fingerprint density at radius 2 is 2.43 bits per heavy atom. The molecule has 1 aliphatic heterocycles. The standard InChI is InChI=1S/C11H17N3/c1-9-7-12-5-3-11(9)13-10-4-6-14(2)8-10/h3,5,7,10H,4,6,8H2,1-2H3,(H,12,13). The van der Waals surface area contributed by atoms with Crippen molar-refractivity contribution in [2.45, 2.75) is 19.4 Å². The molecule has 0 aliphatic carbocycles. The number of aromatic nitrogens is 1. The highest BCUT2D eigenvalue weighted by Gasteiger charge is 2.19. The average Bonchev–Trinajstić information content (AvgIpc) is 2.56. The number of hydrogen-bond donors (Lipinski definition) is 1. The monoisotopic (exact) mass is 191 g/mol. The number of likely N-dealkylation sites (tertiary alicyclic amines) is 1. The minimum atomic E-state index is 0.598. The second kappa shape index (κ2) is 3.96. The molecule has 1 aromatic rings. The molecule has 1 fully saturated rings. The first kappa shape index (κ1) is 9.46. The van der Waals surface area contributed by atoms with Gasteiger partial charge in [-0.15, -0.1) is 0 Å². The summed E-state index contributed by atoms with van der Waals surface area (Å²) in [7, 11) is 2.17. The summed E-state index contributed by atoms with van der Waals surface area (Å²) in [6.45, 7) is 4.43. The van der Waals surface area contributed by atoms with Crippen LogP contribution in [0.1, 0.15) is 12.0 Å². The van der Waals surface area contributed by atoms with Crippen LogP contribution in [-0.4, -0.2) is 36.1 Å². The van der Waals surface area contributed by atoms with Gasteiger partial charge in [-0.2, -0.15) is 0 Å². The van der Waals surface area contributed by atoms with Crippen LogP contribution in [0.5, 0.6) is 0 Å². The third-order valence-corrected chi connectivity index (χ3v) is 2.77. The highest BCUT2D eigenvalue weighted by Crippen LogP contribution is 2.17. The number of aryl methyl sites for hydroxylation is 1. The summed E-state index contributed by atoms with van der Waals surface area (Å²) in [6, 6.07) is 2.65. The van der Waals surface area contributed by atoms with Crippen LogP contribution in [0.25, 0.3) is 0 Å². The van der Waals surface area contributed by atoms with Crippen LogP contribution >= 0.6 is 0 Å². The molecule has 2 heterocycles. The lowest BCUT2D eigenvalue weighted by molar-refractivity contribution is 0.414. The summed E-state index contributed by atoms with van der Waals surface area (Å²) in [5.74, 6) is 0. The van der Waals surface area contributed by atoms with E-state index in [-0.39, 0.29) is 0 Å². The van der Waals surface area contributed by atoms with Gasteiger partial charge in [0.2, 0.25) is 0 Å². The second-order valence-corrected chi connectivity index (χ2v) is 4.08. The van der Waals surface area contributed by atoms with Crippen molar-refractivity contribution in [3.05, 3.63) is 24.0 Å². The number of likely N-dealkylation sites (N-methyl/N-ethyl adjacent to an activating group) is 1. The fraction of sp³-hybridized carbons (Fsp3) is 0.545. The zero-order chi connectivity index (χ0) is 9.97. The van der Waals surface area contributed by atoms with Gasteiger partial charge in [0.1, 0.15) is 0 Å². The maximum Gasteiger partial charge on any atom is 0.0403 e. The number of anilines is 1. The van der Waals surface area contributed by atoms with Gasteiger partial charge in [-0.25, -0.2) is 0 Å². The molecule has 1 saturated heterocycles. The molecule has 0 amide bonds. The maximum atomic E-state index is 4.08. The van der Waals surface area contributed by atoms with Crippen molar-refractivity contribution in [3.8, 4) is 0 Å². The summed E-state index contributed by atoms with van der Waals surface area (Å²) in [4.78, 5) is 6.44. The van der Waals surface area contributed by atoms with E-state index in [1.54, 1.807) is 0 Å². The Balaban J connectivity index is 2.01. The molecule has 0 spiro atoms. The molecule has 0 saturated carbocycles. The van der Waals surface area contributed by atoms with Crippen LogP contribution in [0, 0.1) is 6.92 Å². The van der Waals surface area contributed by atoms with Gasteiger partial charge in [0.15, 0.2) is 0 Å². The first-order chi connectivity index (χ1) is 6.75. The molecule has 0 bridgehead atoms. The molecular formula is C11H17N3. The SMILES string of the molecule is Cc1cnccc1NC1CCN(C)C1. The zero-order valence-corrected chi connectivity index (χ0v) is 8.83. The molecule has 1 N–H and O–H groups in total. The van der Waals surface area contributed by atoms with E-state index in [4.69, 9.17) is 0 Å². The Kier molecular flexibility index (Phi) is 2.68. The number of rotatable bonds is 2. The fourth-order valence-corrected chi connectivity index (χ4v) is 1.91. The second-order valence-electron chi connectivity index (χ2n) is 4.08. The molecule has 1 aromatic heterocycles. The van der Waals surface area contributed by atoms with Crippen LogP contribution in [-0.2, 0) is 0 Å². The van der Waals surface area contributed by atoms with E-state index in [0.29, 0.717) is 6.04 Å². The van der Waals surface area contributed by atoms with Crippen molar-refractivity contribution in [1.29, 1.82) is 0 Å². The van der Waals surface area contributed by atoms with Crippen LogP contribution in [0.15, 0.2) is 18.5 Å². The van der Waals surface area contributed by atoms with Crippen LogP contribution in [0.2, 0.25) is 0 Å². The number of hydrogen-bond acceptors (Lipinski definition) is 3. The first-order valence-corrected chi connectivity index (χ1v) is 5.11. The zero-order valence-electron chi connectivity index (χ0n) is 8.83. The molecule has 1 atom stereocenters. The third-order valence-electron chi connectivity index (χ3n) is 2.77. The van der Waals surface area contributed by atoms with Gasteiger partial charge in [0.25, 0.3) is 0 Å². The minimum absolute atomic E-state index is 0.598. The highest BCUT2D eigenvalue weighted by atomic mass is 15.2. The summed E-state index contributed by atoms with van der Waals surface area (Å²) in [5.41, 5.74) is 2.45. The Labute approximate surface area is 85.1 Å². The van der Waals surface area contributed by atoms with Crippen LogP contribution in [0.4, 0.5) is 5.69 Å². The fourth-order valence-electron chi connectivity index (χ4n) is 1.91. The van der Waals surface area contributed by atoms with Gasteiger partial charge in [0.05, 0.1) is 0 Å². The minimum Gasteiger partial charge on any atom is -0.381 e. The van der Waals surface area contributed by atoms with Crippen molar-refractivity contribution >= 4 is 5.69 Å². The summed E-state index contributed by atoms with van der Waals surface area (Å²) in [6.07, 6.45) is 4.98. The van der Waals surface area contributed by atoms with Gasteiger partial charge < -0.3 is 10.2 Å². The number of pyridine rings is 1. The largest absolute Gasteiger partial charge is 0.381 e. The summed E-state index contributed by atoms with van der Waals surface area (Å²) < 4.78 is 0. The van der Waals surface area contributed by atoms with Gasteiger partial charge in [-0.1, -0.05) is 0 Å².